The zero-order valence-corrected chi connectivity index (χ0v) is 8.06. The van der Waals surface area contributed by atoms with Crippen LogP contribution in [0.3, 0.4) is 0 Å². The van der Waals surface area contributed by atoms with Crippen molar-refractivity contribution in [2.24, 2.45) is 10.7 Å². The van der Waals surface area contributed by atoms with Crippen molar-refractivity contribution in [2.75, 3.05) is 33.4 Å². The lowest BCUT2D eigenvalue weighted by atomic mass is 10.3. The van der Waals surface area contributed by atoms with Crippen LogP contribution in [0.1, 0.15) is 13.3 Å². The number of nitrogens with two attached hydrogens (primary N) is 1. The lowest BCUT2D eigenvalue weighted by Gasteiger charge is -2.01. The number of likely N-dealkylation sites (N-methyl/N-ethyl adjacent to an activating group) is 1. The van der Waals surface area contributed by atoms with Crippen LogP contribution in [0.5, 0.6) is 0 Å². The number of hydrogen-bond donors (Lipinski definition) is 3. The summed E-state index contributed by atoms with van der Waals surface area (Å²) in [5, 5.41) is 6.23. The predicted octanol–water partition coefficient (Wildman–Crippen LogP) is -0.437. The number of hydrogen-bond acceptors (Lipinski definition) is 4. The summed E-state index contributed by atoms with van der Waals surface area (Å²) >= 11 is 0. The average molecular weight is 172 g/mol. The van der Waals surface area contributed by atoms with Gasteiger partial charge in [-0.1, -0.05) is 0 Å². The van der Waals surface area contributed by atoms with Crippen molar-refractivity contribution < 1.29 is 0 Å². The standard InChI is InChI=1S/C8H20N4/c1-8(3-4-9)12-7-11-6-5-10-2/h10-11H,3-7,9H2,1-2H3/b12-8-. The molecule has 0 rings (SSSR count). The van der Waals surface area contributed by atoms with Gasteiger partial charge in [0.25, 0.3) is 0 Å². The molecule has 0 saturated carbocycles. The van der Waals surface area contributed by atoms with Gasteiger partial charge in [-0.05, 0) is 26.9 Å². The number of aliphatic imine (C=N–C) groups is 1. The smallest absolute Gasteiger partial charge is 0.0884 e. The maximum atomic E-state index is 5.37. The third-order valence-corrected chi connectivity index (χ3v) is 1.52. The highest BCUT2D eigenvalue weighted by molar-refractivity contribution is 5.81. The van der Waals surface area contributed by atoms with Crippen LogP contribution in [0.25, 0.3) is 0 Å². The van der Waals surface area contributed by atoms with Crippen LogP contribution in [0.2, 0.25) is 0 Å². The first-order valence-electron chi connectivity index (χ1n) is 4.36. The molecule has 0 atom stereocenters. The summed E-state index contributed by atoms with van der Waals surface area (Å²) in [5.74, 6) is 0. The summed E-state index contributed by atoms with van der Waals surface area (Å²) in [5.41, 5.74) is 6.49. The van der Waals surface area contributed by atoms with Gasteiger partial charge in [0.1, 0.15) is 0 Å². The minimum atomic E-state index is 0.686. The molecule has 0 saturated heterocycles. The van der Waals surface area contributed by atoms with Crippen molar-refractivity contribution in [3.8, 4) is 0 Å². The summed E-state index contributed by atoms with van der Waals surface area (Å²) in [4.78, 5) is 4.28. The Labute approximate surface area is 74.6 Å². The molecule has 0 heterocycles. The van der Waals surface area contributed by atoms with Crippen LogP contribution in [0.15, 0.2) is 4.99 Å². The van der Waals surface area contributed by atoms with E-state index in [1.165, 1.54) is 0 Å². The third-order valence-electron chi connectivity index (χ3n) is 1.52. The Morgan fingerprint density at radius 1 is 1.42 bits per heavy atom. The molecule has 0 spiro atoms. The van der Waals surface area contributed by atoms with Gasteiger partial charge >= 0.3 is 0 Å². The highest BCUT2D eigenvalue weighted by Gasteiger charge is 1.87. The molecular weight excluding hydrogens is 152 g/mol. The van der Waals surface area contributed by atoms with E-state index in [-0.39, 0.29) is 0 Å². The molecule has 0 aliphatic carbocycles. The third kappa shape index (κ3) is 7.65. The second kappa shape index (κ2) is 8.64. The zero-order chi connectivity index (χ0) is 9.23. The normalized spacial score (nSPS) is 12.1. The van der Waals surface area contributed by atoms with E-state index in [0.717, 1.165) is 25.2 Å². The Bertz CT molecular complexity index is 122. The lowest BCUT2D eigenvalue weighted by molar-refractivity contribution is 0.661. The van der Waals surface area contributed by atoms with Crippen LogP contribution in [0, 0.1) is 0 Å². The maximum absolute atomic E-state index is 5.37. The summed E-state index contributed by atoms with van der Waals surface area (Å²) in [6, 6.07) is 0. The summed E-state index contributed by atoms with van der Waals surface area (Å²) < 4.78 is 0. The van der Waals surface area contributed by atoms with Gasteiger partial charge in [-0.15, -0.1) is 0 Å². The van der Waals surface area contributed by atoms with Crippen molar-refractivity contribution in [2.45, 2.75) is 13.3 Å². The molecule has 4 nitrogen and oxygen atoms in total. The van der Waals surface area contributed by atoms with Crippen molar-refractivity contribution in [1.29, 1.82) is 0 Å². The number of nitrogens with one attached hydrogen (secondary N) is 2. The molecule has 0 radical (unpaired) electrons. The molecule has 72 valence electrons. The van der Waals surface area contributed by atoms with Crippen LogP contribution in [-0.4, -0.2) is 39.1 Å². The number of rotatable bonds is 7. The quantitative estimate of drug-likeness (QED) is 0.360. The van der Waals surface area contributed by atoms with E-state index in [1.807, 2.05) is 14.0 Å². The van der Waals surface area contributed by atoms with E-state index < -0.39 is 0 Å². The van der Waals surface area contributed by atoms with Crippen LogP contribution in [0.4, 0.5) is 0 Å². The second-order valence-electron chi connectivity index (χ2n) is 2.69. The fraction of sp³-hybridized carbons (Fsp3) is 0.875. The van der Waals surface area contributed by atoms with E-state index in [9.17, 15) is 0 Å². The van der Waals surface area contributed by atoms with E-state index in [4.69, 9.17) is 5.73 Å². The van der Waals surface area contributed by atoms with Gasteiger partial charge in [-0.2, -0.15) is 0 Å². The fourth-order valence-corrected chi connectivity index (χ4v) is 0.771. The van der Waals surface area contributed by atoms with Crippen molar-refractivity contribution in [3.05, 3.63) is 0 Å². The first kappa shape index (κ1) is 11.6. The average Bonchev–Trinajstić information content (AvgIpc) is 2.05. The molecule has 0 aromatic heterocycles. The molecule has 0 aromatic carbocycles. The number of nitrogens with zero attached hydrogens (tertiary/aromatic N) is 1. The molecule has 0 fully saturated rings. The van der Waals surface area contributed by atoms with Gasteiger partial charge in [-0.25, -0.2) is 0 Å². The van der Waals surface area contributed by atoms with Crippen LogP contribution >= 0.6 is 0 Å². The van der Waals surface area contributed by atoms with Crippen molar-refractivity contribution in [3.63, 3.8) is 0 Å². The van der Waals surface area contributed by atoms with Gasteiger partial charge in [0.2, 0.25) is 0 Å². The van der Waals surface area contributed by atoms with Gasteiger partial charge < -0.3 is 11.1 Å². The van der Waals surface area contributed by atoms with Gasteiger partial charge in [0.15, 0.2) is 0 Å². The molecule has 0 aromatic rings. The first-order chi connectivity index (χ1) is 5.81. The predicted molar refractivity (Wildman–Crippen MR) is 53.6 cm³/mol. The Hall–Kier alpha value is -0.450. The lowest BCUT2D eigenvalue weighted by Crippen LogP contribution is -2.25. The molecule has 12 heavy (non-hydrogen) atoms. The Morgan fingerprint density at radius 2 is 2.17 bits per heavy atom. The van der Waals surface area contributed by atoms with E-state index in [1.54, 1.807) is 0 Å². The molecule has 0 bridgehead atoms. The molecule has 4 N–H and O–H groups in total. The summed E-state index contributed by atoms with van der Waals surface area (Å²) in [7, 11) is 1.94. The van der Waals surface area contributed by atoms with Gasteiger partial charge in [0.05, 0.1) is 6.67 Å². The topological polar surface area (TPSA) is 62.4 Å². The van der Waals surface area contributed by atoms with Crippen molar-refractivity contribution >= 4 is 5.71 Å². The Morgan fingerprint density at radius 3 is 2.75 bits per heavy atom. The van der Waals surface area contributed by atoms with Gasteiger partial charge in [-0.3, -0.25) is 10.3 Å². The molecule has 0 aliphatic rings. The molecule has 0 unspecified atom stereocenters. The van der Waals surface area contributed by atoms with Crippen LogP contribution in [-0.2, 0) is 0 Å². The van der Waals surface area contributed by atoms with Gasteiger partial charge in [0, 0.05) is 18.8 Å². The first-order valence-corrected chi connectivity index (χ1v) is 4.36. The maximum Gasteiger partial charge on any atom is 0.0884 e. The molecule has 0 amide bonds. The largest absolute Gasteiger partial charge is 0.330 e. The van der Waals surface area contributed by atoms with Crippen LogP contribution < -0.4 is 16.4 Å². The SMILES string of the molecule is CNCCNC/N=C(/C)CCN. The minimum absolute atomic E-state index is 0.686. The van der Waals surface area contributed by atoms with E-state index in [0.29, 0.717) is 13.2 Å². The fourth-order valence-electron chi connectivity index (χ4n) is 0.771. The Kier molecular flexibility index (Phi) is 8.32. The highest BCUT2D eigenvalue weighted by atomic mass is 15.0. The van der Waals surface area contributed by atoms with Crippen molar-refractivity contribution in [1.82, 2.24) is 10.6 Å². The molecule has 4 heteroatoms. The molecular formula is C8H20N4. The highest BCUT2D eigenvalue weighted by Crippen LogP contribution is 1.81. The second-order valence-corrected chi connectivity index (χ2v) is 2.69. The summed E-state index contributed by atoms with van der Waals surface area (Å²) in [6.07, 6.45) is 0.897. The minimum Gasteiger partial charge on any atom is -0.330 e. The monoisotopic (exact) mass is 172 g/mol. The van der Waals surface area contributed by atoms with E-state index >= 15 is 0 Å². The zero-order valence-electron chi connectivity index (χ0n) is 8.06. The Balaban J connectivity index is 3.21. The summed E-state index contributed by atoms with van der Waals surface area (Å²) in [6.45, 7) is 5.33. The molecule has 0 aliphatic heterocycles. The van der Waals surface area contributed by atoms with E-state index in [2.05, 4.69) is 15.6 Å².